The van der Waals surface area contributed by atoms with E-state index in [-0.39, 0.29) is 5.75 Å². The molecule has 1 aromatic heterocycles. The predicted octanol–water partition coefficient (Wildman–Crippen LogP) is 2.31. The van der Waals surface area contributed by atoms with Crippen molar-refractivity contribution in [3.05, 3.63) is 21.3 Å². The van der Waals surface area contributed by atoms with Gasteiger partial charge in [0.1, 0.15) is 0 Å². The standard InChI is InChI=1S/C17H29ClN4O2S2/c1-17(2,3)26(23,24)12-7-20-16(19-4)22-10-8-21(9-11-22)13-14-5-6-15(18)25-14/h5-6H,7-13H2,1-4H3,(H,19,20). The number of piperazine rings is 1. The smallest absolute Gasteiger partial charge is 0.193 e. The van der Waals surface area contributed by atoms with E-state index in [9.17, 15) is 8.42 Å². The molecular weight excluding hydrogens is 392 g/mol. The van der Waals surface area contributed by atoms with Crippen LogP contribution in [0.3, 0.4) is 0 Å². The van der Waals surface area contributed by atoms with E-state index in [0.717, 1.165) is 43.0 Å². The normalized spacial score (nSPS) is 17.6. The lowest BCUT2D eigenvalue weighted by Gasteiger charge is -2.36. The van der Waals surface area contributed by atoms with Crippen molar-refractivity contribution >= 4 is 38.7 Å². The van der Waals surface area contributed by atoms with E-state index in [2.05, 4.69) is 26.2 Å². The fourth-order valence-corrected chi connectivity index (χ4v) is 4.82. The molecule has 148 valence electrons. The summed E-state index contributed by atoms with van der Waals surface area (Å²) in [6.07, 6.45) is 0. The van der Waals surface area contributed by atoms with Gasteiger partial charge in [-0.05, 0) is 32.9 Å². The largest absolute Gasteiger partial charge is 0.355 e. The molecule has 9 heteroatoms. The van der Waals surface area contributed by atoms with Crippen molar-refractivity contribution in [3.63, 3.8) is 0 Å². The van der Waals surface area contributed by atoms with Crippen LogP contribution in [0.1, 0.15) is 25.6 Å². The zero-order valence-electron chi connectivity index (χ0n) is 16.0. The van der Waals surface area contributed by atoms with Crippen LogP contribution >= 0.6 is 22.9 Å². The molecule has 0 aromatic carbocycles. The van der Waals surface area contributed by atoms with Crippen molar-refractivity contribution in [2.24, 2.45) is 4.99 Å². The van der Waals surface area contributed by atoms with Gasteiger partial charge >= 0.3 is 0 Å². The van der Waals surface area contributed by atoms with Gasteiger partial charge in [0.2, 0.25) is 0 Å². The van der Waals surface area contributed by atoms with Crippen LogP contribution in [0.2, 0.25) is 4.34 Å². The maximum Gasteiger partial charge on any atom is 0.193 e. The van der Waals surface area contributed by atoms with Crippen LogP contribution in [-0.2, 0) is 16.4 Å². The highest BCUT2D eigenvalue weighted by Gasteiger charge is 2.28. The van der Waals surface area contributed by atoms with Gasteiger partial charge in [-0.2, -0.15) is 0 Å². The predicted molar refractivity (Wildman–Crippen MR) is 111 cm³/mol. The van der Waals surface area contributed by atoms with Crippen LogP contribution in [0.25, 0.3) is 0 Å². The summed E-state index contributed by atoms with van der Waals surface area (Å²) in [6, 6.07) is 4.02. The van der Waals surface area contributed by atoms with Gasteiger partial charge in [-0.1, -0.05) is 11.6 Å². The maximum atomic E-state index is 12.2. The summed E-state index contributed by atoms with van der Waals surface area (Å²) >= 11 is 7.62. The number of aliphatic imine (C=N–C) groups is 1. The topological polar surface area (TPSA) is 65.0 Å². The highest BCUT2D eigenvalue weighted by atomic mass is 35.5. The van der Waals surface area contributed by atoms with E-state index in [0.29, 0.717) is 6.54 Å². The molecule has 1 aromatic rings. The van der Waals surface area contributed by atoms with E-state index in [1.807, 2.05) is 6.07 Å². The number of thiophene rings is 1. The minimum absolute atomic E-state index is 0.106. The third kappa shape index (κ3) is 5.84. The third-order valence-corrected chi connectivity index (χ3v) is 8.30. The van der Waals surface area contributed by atoms with Gasteiger partial charge in [-0.3, -0.25) is 9.89 Å². The third-order valence-electron chi connectivity index (χ3n) is 4.48. The highest BCUT2D eigenvalue weighted by molar-refractivity contribution is 7.92. The van der Waals surface area contributed by atoms with Crippen LogP contribution in [0, 0.1) is 0 Å². The maximum absolute atomic E-state index is 12.2. The molecule has 1 N–H and O–H groups in total. The first-order chi connectivity index (χ1) is 12.1. The molecule has 1 aliphatic heterocycles. The van der Waals surface area contributed by atoms with Crippen molar-refractivity contribution in [2.45, 2.75) is 32.1 Å². The number of nitrogens with one attached hydrogen (secondary N) is 1. The summed E-state index contributed by atoms with van der Waals surface area (Å²) in [4.78, 5) is 10.2. The molecule has 0 unspecified atom stereocenters. The summed E-state index contributed by atoms with van der Waals surface area (Å²) in [5, 5.41) is 3.20. The Morgan fingerprint density at radius 3 is 2.42 bits per heavy atom. The fraction of sp³-hybridized carbons (Fsp3) is 0.706. The summed E-state index contributed by atoms with van der Waals surface area (Å²) in [6.45, 7) is 10.1. The molecule has 6 nitrogen and oxygen atoms in total. The van der Waals surface area contributed by atoms with Gasteiger partial charge in [-0.15, -0.1) is 11.3 Å². The Labute approximate surface area is 166 Å². The second kappa shape index (κ2) is 8.91. The summed E-state index contributed by atoms with van der Waals surface area (Å²) in [5.74, 6) is 0.877. The van der Waals surface area contributed by atoms with Crippen LogP contribution in [0.5, 0.6) is 0 Å². The molecule has 0 atom stereocenters. The second-order valence-electron chi connectivity index (χ2n) is 7.37. The van der Waals surface area contributed by atoms with E-state index >= 15 is 0 Å². The Balaban J connectivity index is 1.79. The number of hydrogen-bond acceptors (Lipinski definition) is 5. The van der Waals surface area contributed by atoms with Gasteiger partial charge in [0, 0.05) is 51.2 Å². The first-order valence-electron chi connectivity index (χ1n) is 8.77. The summed E-state index contributed by atoms with van der Waals surface area (Å²) in [5.41, 5.74) is 0. The summed E-state index contributed by atoms with van der Waals surface area (Å²) < 4.78 is 24.5. The van der Waals surface area contributed by atoms with Gasteiger partial charge < -0.3 is 10.2 Å². The number of sulfone groups is 1. The molecule has 1 fully saturated rings. The van der Waals surface area contributed by atoms with E-state index in [1.165, 1.54) is 4.88 Å². The quantitative estimate of drug-likeness (QED) is 0.584. The zero-order valence-corrected chi connectivity index (χ0v) is 18.3. The van der Waals surface area contributed by atoms with Crippen LogP contribution in [-0.4, -0.2) is 74.4 Å². The second-order valence-corrected chi connectivity index (χ2v) is 12.0. The van der Waals surface area contributed by atoms with Crippen LogP contribution in [0.15, 0.2) is 17.1 Å². The first kappa shape index (κ1) is 21.5. The lowest BCUT2D eigenvalue weighted by molar-refractivity contribution is 0.174. The average Bonchev–Trinajstić information content (AvgIpc) is 2.96. The molecule has 0 amide bonds. The Hall–Kier alpha value is -0.830. The number of guanidine groups is 1. The van der Waals surface area contributed by atoms with Crippen LogP contribution in [0.4, 0.5) is 0 Å². The van der Waals surface area contributed by atoms with E-state index < -0.39 is 14.6 Å². The highest BCUT2D eigenvalue weighted by Crippen LogP contribution is 2.23. The lowest BCUT2D eigenvalue weighted by Crippen LogP contribution is -2.52. The number of nitrogens with zero attached hydrogens (tertiary/aromatic N) is 3. The van der Waals surface area contributed by atoms with Crippen molar-refractivity contribution in [1.82, 2.24) is 15.1 Å². The average molecular weight is 421 g/mol. The molecule has 1 aliphatic rings. The van der Waals surface area contributed by atoms with Gasteiger partial charge in [0.25, 0.3) is 0 Å². The van der Waals surface area contributed by atoms with Crippen molar-refractivity contribution in [2.75, 3.05) is 45.5 Å². The van der Waals surface area contributed by atoms with E-state index in [4.69, 9.17) is 11.6 Å². The van der Waals surface area contributed by atoms with Crippen molar-refractivity contribution in [1.29, 1.82) is 0 Å². The monoisotopic (exact) mass is 420 g/mol. The molecule has 2 rings (SSSR count). The lowest BCUT2D eigenvalue weighted by atomic mass is 10.3. The first-order valence-corrected chi connectivity index (χ1v) is 11.6. The van der Waals surface area contributed by atoms with Crippen molar-refractivity contribution in [3.8, 4) is 0 Å². The molecule has 1 saturated heterocycles. The zero-order chi connectivity index (χ0) is 19.4. The minimum Gasteiger partial charge on any atom is -0.355 e. The Bertz CT molecular complexity index is 717. The fourth-order valence-electron chi connectivity index (χ4n) is 2.71. The summed E-state index contributed by atoms with van der Waals surface area (Å²) in [7, 11) is -1.39. The van der Waals surface area contributed by atoms with Gasteiger partial charge in [0.15, 0.2) is 15.8 Å². The minimum atomic E-state index is -3.13. The molecule has 0 radical (unpaired) electrons. The number of hydrogen-bond donors (Lipinski definition) is 1. The Morgan fingerprint density at radius 2 is 1.92 bits per heavy atom. The molecule has 0 aliphatic carbocycles. The molecule has 2 heterocycles. The SMILES string of the molecule is CN=C(NCCS(=O)(=O)C(C)(C)C)N1CCN(Cc2ccc(Cl)s2)CC1. The van der Waals surface area contributed by atoms with E-state index in [1.54, 1.807) is 39.2 Å². The Morgan fingerprint density at radius 1 is 1.27 bits per heavy atom. The molecular formula is C17H29ClN4O2S2. The molecule has 0 saturated carbocycles. The number of halogens is 1. The van der Waals surface area contributed by atoms with Crippen LogP contribution < -0.4 is 5.32 Å². The Kier molecular flexibility index (Phi) is 7.35. The molecule has 0 bridgehead atoms. The number of rotatable bonds is 5. The molecule has 0 spiro atoms. The molecule has 26 heavy (non-hydrogen) atoms. The van der Waals surface area contributed by atoms with Gasteiger partial charge in [-0.25, -0.2) is 8.42 Å². The van der Waals surface area contributed by atoms with Gasteiger partial charge in [0.05, 0.1) is 14.8 Å². The van der Waals surface area contributed by atoms with Crippen molar-refractivity contribution < 1.29 is 8.42 Å².